The molecule has 0 aromatic rings. The molecule has 0 aliphatic heterocycles. The molecule has 0 atom stereocenters. The Morgan fingerprint density at radius 3 is 1.62 bits per heavy atom. The highest BCUT2D eigenvalue weighted by Gasteiger charge is 2.52. The van der Waals surface area contributed by atoms with E-state index in [2.05, 4.69) is 37.5 Å². The summed E-state index contributed by atoms with van der Waals surface area (Å²) in [6, 6.07) is 0. The number of hydrogen-bond acceptors (Lipinski definition) is 1. The third-order valence-electron chi connectivity index (χ3n) is 3.46. The number of carbonyl (C=O) groups is 1. The Bertz CT molecular complexity index is 342. The van der Waals surface area contributed by atoms with Crippen molar-refractivity contribution in [2.24, 2.45) is 5.41 Å². The zero-order valence-electron chi connectivity index (χ0n) is 11.8. The molecule has 0 aliphatic rings. The molecule has 0 N–H and O–H groups in total. The first kappa shape index (κ1) is 15.5. The van der Waals surface area contributed by atoms with E-state index in [9.17, 15) is 10.3 Å². The second kappa shape index (κ2) is 4.39. The summed E-state index contributed by atoms with van der Waals surface area (Å²) >= 11 is 0. The van der Waals surface area contributed by atoms with Crippen molar-refractivity contribution in [1.29, 1.82) is 0 Å². The third kappa shape index (κ3) is 3.00. The second-order valence-corrected chi connectivity index (χ2v) is 23.4. The first-order chi connectivity index (χ1) is 6.85. The van der Waals surface area contributed by atoms with Gasteiger partial charge in [-0.2, -0.15) is 4.79 Å². The van der Waals surface area contributed by atoms with Gasteiger partial charge in [0.25, 0.3) is 5.33 Å². The molecule has 0 radical (unpaired) electrons. The monoisotopic (exact) mass is 256 g/mol. The standard InChI is InChI=1S/C11H24N2OSi2/c1-11(2,3)9(14)10(13-12)16(7,8)15(4,5)6/h1-8H3. The molecule has 0 unspecified atom stereocenters. The van der Waals surface area contributed by atoms with Gasteiger partial charge in [-0.05, 0) is 0 Å². The Balaban J connectivity index is 5.54. The van der Waals surface area contributed by atoms with E-state index in [0.29, 0.717) is 5.33 Å². The van der Waals surface area contributed by atoms with E-state index in [1.54, 1.807) is 0 Å². The topological polar surface area (TPSA) is 53.5 Å². The smallest absolute Gasteiger partial charge is 0.298 e. The zero-order chi connectivity index (χ0) is 13.4. The minimum absolute atomic E-state index is 0.00547. The van der Waals surface area contributed by atoms with Gasteiger partial charge in [-0.25, -0.2) is 0 Å². The molecule has 0 aromatic heterocycles. The van der Waals surface area contributed by atoms with Crippen molar-refractivity contribution in [2.75, 3.05) is 0 Å². The van der Waals surface area contributed by atoms with E-state index in [1.165, 1.54) is 0 Å². The molecule has 0 bridgehead atoms. The lowest BCUT2D eigenvalue weighted by molar-refractivity contribution is -0.123. The van der Waals surface area contributed by atoms with Gasteiger partial charge in [-0.1, -0.05) is 53.5 Å². The molecule has 0 heterocycles. The summed E-state index contributed by atoms with van der Waals surface area (Å²) < 4.78 is 0. The van der Waals surface area contributed by atoms with Crippen molar-refractivity contribution < 1.29 is 9.58 Å². The largest absolute Gasteiger partial charge is 0.362 e. The van der Waals surface area contributed by atoms with Crippen LogP contribution in [0.4, 0.5) is 0 Å². The molecule has 0 rings (SSSR count). The molecule has 0 fully saturated rings. The normalized spacial score (nSPS) is 13.2. The highest BCUT2D eigenvalue weighted by Crippen LogP contribution is 2.24. The number of Topliss-reactive ketones (excluding diaryl/α,β-unsaturated/α-hetero) is 1. The number of nitrogens with zero attached hydrogens (tertiary/aromatic N) is 2. The number of ketones is 1. The fourth-order valence-electron chi connectivity index (χ4n) is 1.16. The van der Waals surface area contributed by atoms with Crippen LogP contribution in [0.15, 0.2) is 0 Å². The van der Waals surface area contributed by atoms with Crippen LogP contribution < -0.4 is 0 Å². The number of hydrogen-bond donors (Lipinski definition) is 0. The maximum atomic E-state index is 12.3. The van der Waals surface area contributed by atoms with Gasteiger partial charge in [-0.3, -0.25) is 4.79 Å². The van der Waals surface area contributed by atoms with Gasteiger partial charge in [0.05, 0.1) is 7.59 Å². The predicted octanol–water partition coefficient (Wildman–Crippen LogP) is 2.94. The predicted molar refractivity (Wildman–Crippen MR) is 73.9 cm³/mol. The summed E-state index contributed by atoms with van der Waals surface area (Å²) in [6.07, 6.45) is 0. The molecule has 16 heavy (non-hydrogen) atoms. The van der Waals surface area contributed by atoms with Crippen molar-refractivity contribution in [3.63, 3.8) is 0 Å². The first-order valence-electron chi connectivity index (χ1n) is 5.63. The summed E-state index contributed by atoms with van der Waals surface area (Å²) in [5.74, 6) is -0.00547. The average Bonchev–Trinajstić information content (AvgIpc) is 2.00. The summed E-state index contributed by atoms with van der Waals surface area (Å²) in [5, 5.41) is 0.458. The molecule has 0 saturated carbocycles. The van der Waals surface area contributed by atoms with E-state index >= 15 is 0 Å². The highest BCUT2D eigenvalue weighted by molar-refractivity contribution is 7.53. The SMILES string of the molecule is CC(C)(C)C(=O)C(=[N+]=[N-])[Si](C)(C)[Si](C)(C)C. The van der Waals surface area contributed by atoms with Crippen molar-refractivity contribution in [2.45, 2.75) is 53.5 Å². The Morgan fingerprint density at radius 1 is 1.06 bits per heavy atom. The Hall–Kier alpha value is -0.516. The van der Waals surface area contributed by atoms with Gasteiger partial charge in [-0.15, -0.1) is 0 Å². The van der Waals surface area contributed by atoms with Crippen LogP contribution in [0.5, 0.6) is 0 Å². The van der Waals surface area contributed by atoms with Crippen LogP contribution in [-0.2, 0) is 4.79 Å². The van der Waals surface area contributed by atoms with E-state index in [-0.39, 0.29) is 5.78 Å². The van der Waals surface area contributed by atoms with Crippen LogP contribution in [0.3, 0.4) is 0 Å². The van der Waals surface area contributed by atoms with Gasteiger partial charge >= 0.3 is 0 Å². The molecule has 0 aromatic carbocycles. The molecule has 0 amide bonds. The van der Waals surface area contributed by atoms with Crippen molar-refractivity contribution >= 4 is 26.3 Å². The lowest BCUT2D eigenvalue weighted by Crippen LogP contribution is -2.62. The number of carbonyl (C=O) groups excluding carboxylic acids is 1. The summed E-state index contributed by atoms with van der Waals surface area (Å²) in [5.41, 5.74) is 8.72. The van der Waals surface area contributed by atoms with Crippen molar-refractivity contribution in [1.82, 2.24) is 0 Å². The van der Waals surface area contributed by atoms with E-state index in [1.807, 2.05) is 20.8 Å². The molecule has 0 spiro atoms. The minimum atomic E-state index is -1.92. The van der Waals surface area contributed by atoms with Crippen molar-refractivity contribution in [3.8, 4) is 0 Å². The molecule has 0 aliphatic carbocycles. The van der Waals surface area contributed by atoms with Crippen LogP contribution in [0.2, 0.25) is 32.7 Å². The van der Waals surface area contributed by atoms with Crippen LogP contribution in [0.25, 0.3) is 5.53 Å². The number of rotatable bonds is 3. The van der Waals surface area contributed by atoms with Gasteiger partial charge < -0.3 is 5.53 Å². The molecule has 92 valence electrons. The molecule has 3 nitrogen and oxygen atoms in total. The Kier molecular flexibility index (Phi) is 4.25. The fourth-order valence-corrected chi connectivity index (χ4v) is 5.69. The molecule has 0 saturated heterocycles. The van der Waals surface area contributed by atoms with Crippen molar-refractivity contribution in [3.05, 3.63) is 5.53 Å². The van der Waals surface area contributed by atoms with Crippen LogP contribution >= 0.6 is 0 Å². The minimum Gasteiger partial charge on any atom is -0.362 e. The quantitative estimate of drug-likeness (QED) is 0.331. The van der Waals surface area contributed by atoms with Gasteiger partial charge in [0.15, 0.2) is 7.59 Å². The summed E-state index contributed by atoms with van der Waals surface area (Å²) in [4.78, 5) is 15.6. The summed E-state index contributed by atoms with van der Waals surface area (Å²) in [7, 11) is -3.40. The summed E-state index contributed by atoms with van der Waals surface area (Å²) in [6.45, 7) is 16.6. The first-order valence-corrected chi connectivity index (χ1v) is 13.1. The van der Waals surface area contributed by atoms with Crippen LogP contribution in [0.1, 0.15) is 20.8 Å². The molecular weight excluding hydrogens is 232 g/mol. The lowest BCUT2D eigenvalue weighted by Gasteiger charge is -2.31. The van der Waals surface area contributed by atoms with Gasteiger partial charge in [0, 0.05) is 5.41 Å². The fraction of sp³-hybridized carbons (Fsp3) is 0.818. The van der Waals surface area contributed by atoms with E-state index in [0.717, 1.165) is 0 Å². The Labute approximate surface area is 101 Å². The zero-order valence-corrected chi connectivity index (χ0v) is 13.8. The van der Waals surface area contributed by atoms with E-state index < -0.39 is 20.6 Å². The Morgan fingerprint density at radius 2 is 1.44 bits per heavy atom. The second-order valence-electron chi connectivity index (χ2n) is 6.90. The maximum Gasteiger partial charge on any atom is 0.298 e. The highest BCUT2D eigenvalue weighted by atomic mass is 29.3. The third-order valence-corrected chi connectivity index (χ3v) is 20.7. The molecular formula is C11H24N2OSi2. The van der Waals surface area contributed by atoms with Gasteiger partial charge in [0.2, 0.25) is 5.78 Å². The average molecular weight is 256 g/mol. The van der Waals surface area contributed by atoms with Gasteiger partial charge in [0.1, 0.15) is 0 Å². The van der Waals surface area contributed by atoms with Crippen LogP contribution in [0, 0.1) is 5.41 Å². The van der Waals surface area contributed by atoms with E-state index in [4.69, 9.17) is 0 Å². The maximum absolute atomic E-state index is 12.3. The lowest BCUT2D eigenvalue weighted by atomic mass is 9.91. The molecule has 5 heteroatoms. The van der Waals surface area contributed by atoms with Crippen LogP contribution in [-0.4, -0.2) is 31.1 Å².